The molecule has 1 aromatic heterocycles. The predicted molar refractivity (Wildman–Crippen MR) is 63.8 cm³/mol. The van der Waals surface area contributed by atoms with Crippen molar-refractivity contribution in [3.05, 3.63) is 39.9 Å². The van der Waals surface area contributed by atoms with Crippen LogP contribution in [0.5, 0.6) is 0 Å². The van der Waals surface area contributed by atoms with Crippen LogP contribution in [0.1, 0.15) is 23.1 Å². The quantitative estimate of drug-likeness (QED) is 0.801. The molecule has 0 spiro atoms. The van der Waals surface area contributed by atoms with Crippen molar-refractivity contribution in [2.75, 3.05) is 0 Å². The lowest BCUT2D eigenvalue weighted by atomic mass is 10.2. The van der Waals surface area contributed by atoms with Crippen LogP contribution in [0.2, 0.25) is 0 Å². The molecule has 0 atom stereocenters. The Morgan fingerprint density at radius 1 is 1.47 bits per heavy atom. The van der Waals surface area contributed by atoms with E-state index in [0.29, 0.717) is 21.5 Å². The maximum Gasteiger partial charge on any atom is 0.181 e. The predicted octanol–water partition coefficient (Wildman–Crippen LogP) is 2.68. The van der Waals surface area contributed by atoms with Gasteiger partial charge in [0.2, 0.25) is 0 Å². The number of carbonyl (C=O) groups is 1. The summed E-state index contributed by atoms with van der Waals surface area (Å²) in [6.07, 6.45) is 0. The van der Waals surface area contributed by atoms with E-state index in [1.54, 1.807) is 19.1 Å². The monoisotopic (exact) mass is 297 g/mol. The molecule has 17 heavy (non-hydrogen) atoms. The van der Waals surface area contributed by atoms with Crippen LogP contribution in [0.3, 0.4) is 0 Å². The third-order valence-electron chi connectivity index (χ3n) is 2.38. The van der Waals surface area contributed by atoms with E-state index < -0.39 is 0 Å². The van der Waals surface area contributed by atoms with Gasteiger partial charge in [-0.25, -0.2) is 9.07 Å². The Balaban J connectivity index is 2.53. The van der Waals surface area contributed by atoms with Crippen molar-refractivity contribution in [1.29, 1.82) is 0 Å². The zero-order valence-corrected chi connectivity index (χ0v) is 10.8. The molecule has 0 unspecified atom stereocenters. The third-order valence-corrected chi connectivity index (χ3v) is 2.98. The second kappa shape index (κ2) is 4.37. The summed E-state index contributed by atoms with van der Waals surface area (Å²) in [5.74, 6) is -0.492. The molecule has 0 fully saturated rings. The summed E-state index contributed by atoms with van der Waals surface area (Å²) in [6, 6.07) is 4.49. The summed E-state index contributed by atoms with van der Waals surface area (Å²) >= 11 is 3.10. The Kier molecular flexibility index (Phi) is 3.06. The zero-order valence-electron chi connectivity index (χ0n) is 9.24. The standard InChI is InChI=1S/C11H9BrFN3O/c1-6-11(7(2)17)14-15-16(6)8-3-4-10(13)9(12)5-8/h3-5H,1-2H3. The lowest BCUT2D eigenvalue weighted by Crippen LogP contribution is -2.01. The van der Waals surface area contributed by atoms with E-state index >= 15 is 0 Å². The summed E-state index contributed by atoms with van der Waals surface area (Å²) in [5.41, 5.74) is 1.61. The highest BCUT2D eigenvalue weighted by Crippen LogP contribution is 2.20. The largest absolute Gasteiger partial charge is 0.293 e. The zero-order chi connectivity index (χ0) is 12.6. The molecule has 0 N–H and O–H groups in total. The van der Waals surface area contributed by atoms with Crippen LogP contribution in [-0.2, 0) is 0 Å². The van der Waals surface area contributed by atoms with E-state index in [1.165, 1.54) is 17.7 Å². The maximum atomic E-state index is 13.1. The van der Waals surface area contributed by atoms with E-state index in [2.05, 4.69) is 26.2 Å². The molecule has 6 heteroatoms. The summed E-state index contributed by atoms with van der Waals surface area (Å²) in [7, 11) is 0. The van der Waals surface area contributed by atoms with Gasteiger partial charge in [-0.3, -0.25) is 4.79 Å². The molecule has 88 valence electrons. The number of benzene rings is 1. The molecule has 2 aromatic rings. The third kappa shape index (κ3) is 2.12. The highest BCUT2D eigenvalue weighted by atomic mass is 79.9. The SMILES string of the molecule is CC(=O)c1nnn(-c2ccc(F)c(Br)c2)c1C. The van der Waals surface area contributed by atoms with E-state index in [0.717, 1.165) is 0 Å². The minimum atomic E-state index is -0.349. The van der Waals surface area contributed by atoms with Crippen LogP contribution in [-0.4, -0.2) is 20.8 Å². The fraction of sp³-hybridized carbons (Fsp3) is 0.182. The number of hydrogen-bond donors (Lipinski definition) is 0. The first-order valence-corrected chi connectivity index (χ1v) is 5.68. The van der Waals surface area contributed by atoms with Gasteiger partial charge in [0.15, 0.2) is 11.5 Å². The summed E-state index contributed by atoms with van der Waals surface area (Å²) in [5, 5.41) is 7.68. The average molecular weight is 298 g/mol. The molecule has 0 aliphatic rings. The van der Waals surface area contributed by atoms with Gasteiger partial charge in [-0.1, -0.05) is 5.21 Å². The molecule has 0 saturated heterocycles. The molecule has 0 amide bonds. The number of Topliss-reactive ketones (excluding diaryl/α,β-unsaturated/α-hetero) is 1. The van der Waals surface area contributed by atoms with Crippen molar-refractivity contribution in [2.45, 2.75) is 13.8 Å². The molecular weight excluding hydrogens is 289 g/mol. The van der Waals surface area contributed by atoms with Gasteiger partial charge < -0.3 is 0 Å². The number of carbonyl (C=O) groups excluding carboxylic acids is 1. The Hall–Kier alpha value is -1.56. The molecule has 1 heterocycles. The van der Waals surface area contributed by atoms with Gasteiger partial charge in [-0.15, -0.1) is 5.10 Å². The fourth-order valence-electron chi connectivity index (χ4n) is 1.52. The van der Waals surface area contributed by atoms with E-state index in [4.69, 9.17) is 0 Å². The Morgan fingerprint density at radius 3 is 2.71 bits per heavy atom. The molecule has 2 rings (SSSR count). The first kappa shape index (κ1) is 11.9. The first-order valence-electron chi connectivity index (χ1n) is 4.89. The number of aromatic nitrogens is 3. The van der Waals surface area contributed by atoms with Crippen LogP contribution >= 0.6 is 15.9 Å². The van der Waals surface area contributed by atoms with Crippen molar-refractivity contribution in [3.63, 3.8) is 0 Å². The highest BCUT2D eigenvalue weighted by Gasteiger charge is 2.14. The van der Waals surface area contributed by atoms with Gasteiger partial charge in [0.1, 0.15) is 5.82 Å². The van der Waals surface area contributed by atoms with Crippen LogP contribution in [0, 0.1) is 12.7 Å². The fourth-order valence-corrected chi connectivity index (χ4v) is 1.88. The van der Waals surface area contributed by atoms with Crippen LogP contribution < -0.4 is 0 Å². The second-order valence-electron chi connectivity index (χ2n) is 3.59. The Labute approximate surface area is 106 Å². The molecule has 1 aromatic carbocycles. The van der Waals surface area contributed by atoms with Gasteiger partial charge >= 0.3 is 0 Å². The molecule has 0 aliphatic heterocycles. The van der Waals surface area contributed by atoms with Gasteiger partial charge in [0, 0.05) is 6.92 Å². The molecule has 4 nitrogen and oxygen atoms in total. The first-order chi connectivity index (χ1) is 8.00. The molecular formula is C11H9BrFN3O. The topological polar surface area (TPSA) is 47.8 Å². The normalized spacial score (nSPS) is 10.6. The van der Waals surface area contributed by atoms with Crippen LogP contribution in [0.15, 0.2) is 22.7 Å². The van der Waals surface area contributed by atoms with E-state index in [-0.39, 0.29) is 11.6 Å². The number of halogens is 2. The van der Waals surface area contributed by atoms with Gasteiger partial charge in [-0.05, 0) is 41.1 Å². The van der Waals surface area contributed by atoms with Gasteiger partial charge in [0.25, 0.3) is 0 Å². The van der Waals surface area contributed by atoms with Crippen molar-refractivity contribution < 1.29 is 9.18 Å². The van der Waals surface area contributed by atoms with E-state index in [9.17, 15) is 9.18 Å². The second-order valence-corrected chi connectivity index (χ2v) is 4.44. The lowest BCUT2D eigenvalue weighted by molar-refractivity contribution is 0.101. The molecule has 0 bridgehead atoms. The molecule has 0 saturated carbocycles. The summed E-state index contributed by atoms with van der Waals surface area (Å²) < 4.78 is 14.9. The minimum absolute atomic E-state index is 0.144. The van der Waals surface area contributed by atoms with Crippen LogP contribution in [0.4, 0.5) is 4.39 Å². The Morgan fingerprint density at radius 2 is 2.18 bits per heavy atom. The van der Waals surface area contributed by atoms with Crippen LogP contribution in [0.25, 0.3) is 5.69 Å². The average Bonchev–Trinajstić information content (AvgIpc) is 2.64. The van der Waals surface area contributed by atoms with Gasteiger partial charge in [0.05, 0.1) is 15.9 Å². The highest BCUT2D eigenvalue weighted by molar-refractivity contribution is 9.10. The number of nitrogens with zero attached hydrogens (tertiary/aromatic N) is 3. The molecule has 0 aliphatic carbocycles. The van der Waals surface area contributed by atoms with Crippen molar-refractivity contribution in [2.24, 2.45) is 0 Å². The summed E-state index contributed by atoms with van der Waals surface area (Å²) in [4.78, 5) is 11.2. The Bertz CT molecular complexity index is 594. The number of rotatable bonds is 2. The minimum Gasteiger partial charge on any atom is -0.293 e. The summed E-state index contributed by atoms with van der Waals surface area (Å²) in [6.45, 7) is 3.18. The number of ketones is 1. The van der Waals surface area contributed by atoms with Crippen molar-refractivity contribution in [3.8, 4) is 5.69 Å². The van der Waals surface area contributed by atoms with Gasteiger partial charge in [-0.2, -0.15) is 0 Å². The lowest BCUT2D eigenvalue weighted by Gasteiger charge is -2.04. The maximum absolute atomic E-state index is 13.1. The van der Waals surface area contributed by atoms with E-state index in [1.807, 2.05) is 0 Å². The number of hydrogen-bond acceptors (Lipinski definition) is 3. The van der Waals surface area contributed by atoms with Crippen molar-refractivity contribution in [1.82, 2.24) is 15.0 Å². The molecule has 0 radical (unpaired) electrons. The smallest absolute Gasteiger partial charge is 0.181 e. The van der Waals surface area contributed by atoms with Crippen molar-refractivity contribution >= 4 is 21.7 Å².